The summed E-state index contributed by atoms with van der Waals surface area (Å²) >= 11 is 0. The summed E-state index contributed by atoms with van der Waals surface area (Å²) < 4.78 is 58.3. The molecule has 0 saturated heterocycles. The molecule has 0 saturated carbocycles. The van der Waals surface area contributed by atoms with Gasteiger partial charge in [-0.15, -0.1) is 0 Å². The van der Waals surface area contributed by atoms with Crippen molar-refractivity contribution in [2.45, 2.75) is 32.0 Å². The van der Waals surface area contributed by atoms with Gasteiger partial charge in [0.1, 0.15) is 11.6 Å². The van der Waals surface area contributed by atoms with Crippen molar-refractivity contribution in [2.75, 3.05) is 13.2 Å². The first-order valence-corrected chi connectivity index (χ1v) is 6.86. The summed E-state index contributed by atoms with van der Waals surface area (Å²) in [4.78, 5) is 0. The van der Waals surface area contributed by atoms with E-state index in [9.17, 15) is 17.6 Å². The van der Waals surface area contributed by atoms with E-state index in [0.29, 0.717) is 18.9 Å². The number of alkyl halides is 3. The summed E-state index contributed by atoms with van der Waals surface area (Å²) in [5.74, 6) is -0.267. The number of benzene rings is 1. The summed E-state index contributed by atoms with van der Waals surface area (Å²) in [5, 5.41) is 2.95. The van der Waals surface area contributed by atoms with Crippen molar-refractivity contribution >= 4 is 0 Å². The molecule has 0 bridgehead atoms. The van der Waals surface area contributed by atoms with Crippen molar-refractivity contribution in [2.24, 2.45) is 0 Å². The highest BCUT2D eigenvalue weighted by Gasteiger charge is 2.36. The van der Waals surface area contributed by atoms with Crippen molar-refractivity contribution < 1.29 is 22.3 Å². The zero-order chi connectivity index (χ0) is 15.5. The summed E-state index contributed by atoms with van der Waals surface area (Å²) in [5.41, 5.74) is -0.984. The summed E-state index contributed by atoms with van der Waals surface area (Å²) in [6.07, 6.45) is -1.20. The van der Waals surface area contributed by atoms with Crippen LogP contribution >= 0.6 is 0 Å². The van der Waals surface area contributed by atoms with Crippen LogP contribution in [-0.2, 0) is 10.9 Å². The van der Waals surface area contributed by atoms with Crippen LogP contribution in [-0.4, -0.2) is 13.2 Å². The second-order valence-corrected chi connectivity index (χ2v) is 4.82. The van der Waals surface area contributed by atoms with Crippen molar-refractivity contribution in [3.8, 4) is 0 Å². The van der Waals surface area contributed by atoms with Gasteiger partial charge in [0.15, 0.2) is 0 Å². The molecule has 1 aromatic carbocycles. The number of ether oxygens (including phenoxy) is 1. The fraction of sp³-hybridized carbons (Fsp3) is 0.467. The van der Waals surface area contributed by atoms with Gasteiger partial charge in [-0.05, 0) is 49.2 Å². The van der Waals surface area contributed by atoms with E-state index in [1.54, 1.807) is 13.0 Å². The van der Waals surface area contributed by atoms with Crippen LogP contribution in [0.5, 0.6) is 0 Å². The van der Waals surface area contributed by atoms with Gasteiger partial charge in [-0.25, -0.2) is 4.39 Å². The van der Waals surface area contributed by atoms with Crippen molar-refractivity contribution in [3.05, 3.63) is 47.0 Å². The molecule has 0 spiro atoms. The Morgan fingerprint density at radius 2 is 2.10 bits per heavy atom. The van der Waals surface area contributed by atoms with Crippen molar-refractivity contribution in [1.82, 2.24) is 5.32 Å². The summed E-state index contributed by atoms with van der Waals surface area (Å²) in [7, 11) is 0. The van der Waals surface area contributed by atoms with Crippen LogP contribution in [0.3, 0.4) is 0 Å². The Morgan fingerprint density at radius 1 is 1.33 bits per heavy atom. The Balaban J connectivity index is 2.48. The second kappa shape index (κ2) is 6.47. The number of hydrogen-bond donors (Lipinski definition) is 1. The molecule has 1 heterocycles. The predicted molar refractivity (Wildman–Crippen MR) is 71.1 cm³/mol. The molecule has 1 N–H and O–H groups in total. The maximum absolute atomic E-state index is 13.4. The summed E-state index contributed by atoms with van der Waals surface area (Å²) in [6.45, 7) is 2.69. The van der Waals surface area contributed by atoms with Crippen LogP contribution in [0.1, 0.15) is 36.9 Å². The fourth-order valence-corrected chi connectivity index (χ4v) is 2.38. The van der Waals surface area contributed by atoms with E-state index in [-0.39, 0.29) is 5.56 Å². The van der Waals surface area contributed by atoms with Gasteiger partial charge in [0.05, 0.1) is 18.2 Å². The lowest BCUT2D eigenvalue weighted by atomic mass is 9.96. The first-order chi connectivity index (χ1) is 9.93. The molecule has 6 heteroatoms. The van der Waals surface area contributed by atoms with Crippen molar-refractivity contribution in [3.63, 3.8) is 0 Å². The van der Waals surface area contributed by atoms with E-state index in [1.165, 1.54) is 0 Å². The SMILES string of the molecule is CCNC(C1=CCCCO1)c1cc(F)ccc1C(F)(F)F. The largest absolute Gasteiger partial charge is 0.496 e. The average Bonchev–Trinajstić information content (AvgIpc) is 2.44. The first-order valence-electron chi connectivity index (χ1n) is 6.86. The molecular weight excluding hydrogens is 286 g/mol. The molecule has 0 amide bonds. The molecule has 1 unspecified atom stereocenters. The fourth-order valence-electron chi connectivity index (χ4n) is 2.38. The van der Waals surface area contributed by atoms with Crippen LogP contribution in [0.2, 0.25) is 0 Å². The number of nitrogens with one attached hydrogen (secondary N) is 1. The van der Waals surface area contributed by atoms with E-state index in [0.717, 1.165) is 31.0 Å². The monoisotopic (exact) mass is 303 g/mol. The van der Waals surface area contributed by atoms with Gasteiger partial charge in [-0.3, -0.25) is 0 Å². The smallest absolute Gasteiger partial charge is 0.416 e. The molecule has 2 nitrogen and oxygen atoms in total. The third kappa shape index (κ3) is 3.75. The Hall–Kier alpha value is -1.56. The molecular formula is C15H17F4NO. The van der Waals surface area contributed by atoms with Gasteiger partial charge in [-0.2, -0.15) is 13.2 Å². The molecule has 0 radical (unpaired) electrons. The molecule has 21 heavy (non-hydrogen) atoms. The highest BCUT2D eigenvalue weighted by atomic mass is 19.4. The minimum Gasteiger partial charge on any atom is -0.496 e. The van der Waals surface area contributed by atoms with E-state index < -0.39 is 23.6 Å². The summed E-state index contributed by atoms with van der Waals surface area (Å²) in [6, 6.07) is 1.74. The number of rotatable bonds is 4. The maximum Gasteiger partial charge on any atom is 0.416 e. The lowest BCUT2D eigenvalue weighted by molar-refractivity contribution is -0.138. The van der Waals surface area contributed by atoms with Gasteiger partial charge < -0.3 is 10.1 Å². The average molecular weight is 303 g/mol. The molecule has 0 aliphatic carbocycles. The molecule has 116 valence electrons. The van der Waals surface area contributed by atoms with E-state index in [2.05, 4.69) is 5.32 Å². The lowest BCUT2D eigenvalue weighted by Crippen LogP contribution is -2.28. The second-order valence-electron chi connectivity index (χ2n) is 4.82. The molecule has 1 aliphatic heterocycles. The quantitative estimate of drug-likeness (QED) is 0.842. The highest BCUT2D eigenvalue weighted by molar-refractivity contribution is 5.37. The minimum absolute atomic E-state index is 0.141. The van der Waals surface area contributed by atoms with Crippen LogP contribution in [0.25, 0.3) is 0 Å². The number of allylic oxidation sites excluding steroid dienone is 1. The van der Waals surface area contributed by atoms with Crippen molar-refractivity contribution in [1.29, 1.82) is 0 Å². The third-order valence-corrected chi connectivity index (χ3v) is 3.29. The minimum atomic E-state index is -4.54. The molecule has 1 aliphatic rings. The topological polar surface area (TPSA) is 21.3 Å². The van der Waals surface area contributed by atoms with E-state index >= 15 is 0 Å². The molecule has 0 fully saturated rings. The molecule has 1 atom stereocenters. The van der Waals surface area contributed by atoms with Gasteiger partial charge in [-0.1, -0.05) is 6.92 Å². The van der Waals surface area contributed by atoms with Crippen LogP contribution in [0.4, 0.5) is 17.6 Å². The molecule has 0 aromatic heterocycles. The van der Waals surface area contributed by atoms with Gasteiger partial charge in [0.2, 0.25) is 0 Å². The van der Waals surface area contributed by atoms with E-state index in [4.69, 9.17) is 4.74 Å². The Bertz CT molecular complexity index is 525. The van der Waals surface area contributed by atoms with Crippen LogP contribution in [0.15, 0.2) is 30.0 Å². The number of likely N-dealkylation sites (N-methyl/N-ethyl adjacent to an activating group) is 1. The number of halogens is 4. The number of hydrogen-bond acceptors (Lipinski definition) is 2. The van der Waals surface area contributed by atoms with Gasteiger partial charge >= 0.3 is 6.18 Å². The molecule has 1 aromatic rings. The van der Waals surface area contributed by atoms with Crippen LogP contribution in [0, 0.1) is 5.82 Å². The molecule has 2 rings (SSSR count). The highest BCUT2D eigenvalue weighted by Crippen LogP contribution is 2.37. The maximum atomic E-state index is 13.4. The Labute approximate surface area is 120 Å². The zero-order valence-corrected chi connectivity index (χ0v) is 11.6. The normalized spacial score (nSPS) is 17.1. The third-order valence-electron chi connectivity index (χ3n) is 3.29. The lowest BCUT2D eigenvalue weighted by Gasteiger charge is -2.27. The first kappa shape index (κ1) is 15.8. The Morgan fingerprint density at radius 3 is 2.67 bits per heavy atom. The standard InChI is InChI=1S/C15H17F4NO/c1-2-20-14(13-5-3-4-8-21-13)11-9-10(16)6-7-12(11)15(17,18)19/h5-7,9,14,20H,2-4,8H2,1H3. The van der Waals surface area contributed by atoms with Crippen LogP contribution < -0.4 is 5.32 Å². The van der Waals surface area contributed by atoms with E-state index in [1.807, 2.05) is 0 Å². The zero-order valence-electron chi connectivity index (χ0n) is 11.6. The van der Waals surface area contributed by atoms with Gasteiger partial charge in [0, 0.05) is 0 Å². The Kier molecular flexibility index (Phi) is 4.88. The predicted octanol–water partition coefficient (Wildman–Crippen LogP) is 4.19. The van der Waals surface area contributed by atoms with Gasteiger partial charge in [0.25, 0.3) is 0 Å².